The number of benzene rings is 3. The molecule has 5 rings (SSSR count). The van der Waals surface area contributed by atoms with Crippen molar-refractivity contribution in [2.24, 2.45) is 11.8 Å². The second-order valence-corrected chi connectivity index (χ2v) is 12.6. The average molecular weight is 639 g/mol. The van der Waals surface area contributed by atoms with Crippen molar-refractivity contribution < 1.29 is 27.2 Å². The molecule has 2 saturated carbocycles. The summed E-state index contributed by atoms with van der Waals surface area (Å²) >= 11 is 0. The summed E-state index contributed by atoms with van der Waals surface area (Å²) in [7, 11) is 0. The maximum atomic E-state index is 14.9. The second-order valence-electron chi connectivity index (χ2n) is 12.6. The second kappa shape index (κ2) is 15.0. The molecule has 2 atom stereocenters. The highest BCUT2D eigenvalue weighted by atomic mass is 19.1. The minimum absolute atomic E-state index is 0.0312. The predicted octanol–water partition coefficient (Wildman–Crippen LogP) is 8.83. The van der Waals surface area contributed by atoms with Gasteiger partial charge in [0.05, 0.1) is 11.4 Å². The van der Waals surface area contributed by atoms with Crippen molar-refractivity contribution in [1.82, 2.24) is 10.6 Å². The molecule has 2 N–H and O–H groups in total. The molecule has 0 heterocycles. The van der Waals surface area contributed by atoms with Crippen LogP contribution in [-0.2, 0) is 13.1 Å². The van der Waals surface area contributed by atoms with Crippen molar-refractivity contribution in [2.45, 2.75) is 90.4 Å². The average Bonchev–Trinajstić information content (AvgIpc) is 3.77. The van der Waals surface area contributed by atoms with Gasteiger partial charge in [-0.1, -0.05) is 49.9 Å². The first kappa shape index (κ1) is 33.3. The third-order valence-electron chi connectivity index (χ3n) is 9.63. The molecule has 2 fully saturated rings. The number of carbonyl (C=O) groups is 2. The number of halogens is 4. The number of hydrogen-bond acceptors (Lipinski definition) is 2. The smallest absolute Gasteiger partial charge is 0.322 e. The zero-order chi connectivity index (χ0) is 32.8. The minimum atomic E-state index is -0.797. The van der Waals surface area contributed by atoms with Gasteiger partial charge in [-0.15, -0.1) is 0 Å². The van der Waals surface area contributed by atoms with E-state index in [0.29, 0.717) is 0 Å². The van der Waals surface area contributed by atoms with Crippen molar-refractivity contribution in [3.05, 3.63) is 95.1 Å². The van der Waals surface area contributed by atoms with E-state index in [1.54, 1.807) is 6.07 Å². The Bertz CT molecular complexity index is 1410. The number of nitrogens with one attached hydrogen (secondary N) is 2. The first-order chi connectivity index (χ1) is 22.1. The van der Waals surface area contributed by atoms with Gasteiger partial charge in [0.1, 0.15) is 23.3 Å². The van der Waals surface area contributed by atoms with Gasteiger partial charge in [-0.2, -0.15) is 0 Å². The van der Waals surface area contributed by atoms with Crippen LogP contribution in [0.2, 0.25) is 0 Å². The lowest BCUT2D eigenvalue weighted by molar-refractivity contribution is 0.240. The van der Waals surface area contributed by atoms with E-state index in [1.165, 1.54) is 21.9 Å². The Morgan fingerprint density at radius 3 is 1.41 bits per heavy atom. The normalized spacial score (nSPS) is 16.7. The zero-order valence-corrected chi connectivity index (χ0v) is 26.4. The van der Waals surface area contributed by atoms with Gasteiger partial charge in [-0.25, -0.2) is 27.2 Å². The molecule has 0 aromatic heterocycles. The largest absolute Gasteiger partial charge is 0.334 e. The molecule has 2 unspecified atom stereocenters. The summed E-state index contributed by atoms with van der Waals surface area (Å²) in [6, 6.07) is 12.2. The van der Waals surface area contributed by atoms with Crippen molar-refractivity contribution in [3.63, 3.8) is 0 Å². The molecule has 2 aliphatic carbocycles. The van der Waals surface area contributed by atoms with E-state index in [0.717, 1.165) is 86.8 Å². The summed E-state index contributed by atoms with van der Waals surface area (Å²) in [6.45, 7) is 4.08. The van der Waals surface area contributed by atoms with Crippen LogP contribution in [0.15, 0.2) is 60.7 Å². The molecule has 10 heteroatoms. The van der Waals surface area contributed by atoms with Gasteiger partial charge < -0.3 is 10.6 Å². The summed E-state index contributed by atoms with van der Waals surface area (Å²) < 4.78 is 57.1. The van der Waals surface area contributed by atoms with Crippen LogP contribution in [0.1, 0.15) is 76.3 Å². The van der Waals surface area contributed by atoms with Crippen LogP contribution in [0.4, 0.5) is 38.5 Å². The summed E-state index contributed by atoms with van der Waals surface area (Å²) in [5, 5.41) is 5.78. The van der Waals surface area contributed by atoms with E-state index in [1.807, 2.05) is 32.0 Å². The molecule has 0 radical (unpaired) electrons. The highest BCUT2D eigenvalue weighted by molar-refractivity contribution is 5.93. The predicted molar refractivity (Wildman–Crippen MR) is 171 cm³/mol. The molecule has 0 bridgehead atoms. The lowest BCUT2D eigenvalue weighted by Crippen LogP contribution is -2.48. The van der Waals surface area contributed by atoms with Crippen LogP contribution < -0.4 is 20.4 Å². The number of urea groups is 2. The van der Waals surface area contributed by atoms with Gasteiger partial charge in [0.25, 0.3) is 0 Å². The van der Waals surface area contributed by atoms with E-state index in [-0.39, 0.29) is 48.4 Å². The number of nitrogens with zero attached hydrogens (tertiary/aromatic N) is 2. The molecule has 46 heavy (non-hydrogen) atoms. The number of amides is 4. The van der Waals surface area contributed by atoms with Crippen LogP contribution in [0.25, 0.3) is 0 Å². The van der Waals surface area contributed by atoms with Crippen LogP contribution in [-0.4, -0.2) is 24.1 Å². The van der Waals surface area contributed by atoms with Crippen LogP contribution in [0, 0.1) is 35.1 Å². The Hall–Kier alpha value is -4.08. The molecule has 6 nitrogen and oxygen atoms in total. The number of anilines is 2. The summed E-state index contributed by atoms with van der Waals surface area (Å²) in [5.41, 5.74) is 1.58. The zero-order valence-electron chi connectivity index (χ0n) is 26.4. The molecule has 246 valence electrons. The van der Waals surface area contributed by atoms with Gasteiger partial charge in [-0.3, -0.25) is 9.80 Å². The Morgan fingerprint density at radius 2 is 1.04 bits per heavy atom. The lowest BCUT2D eigenvalue weighted by atomic mass is 9.97. The van der Waals surface area contributed by atoms with Crippen LogP contribution in [0.3, 0.4) is 0 Å². The third kappa shape index (κ3) is 7.82. The first-order valence-electron chi connectivity index (χ1n) is 16.2. The van der Waals surface area contributed by atoms with Gasteiger partial charge >= 0.3 is 12.1 Å². The molecule has 3 aromatic rings. The SMILES string of the molecule is CC(C1CCCC1)N(C(=O)NCc1cccc(CNC(=O)N(c2ccc(F)cc2F)C(C)C2CCCC2)c1)c1ccc(F)cc1F. The van der Waals surface area contributed by atoms with Crippen molar-refractivity contribution >= 4 is 23.4 Å². The van der Waals surface area contributed by atoms with Gasteiger partial charge in [0.2, 0.25) is 0 Å². The Labute approximate surface area is 268 Å². The Kier molecular flexibility index (Phi) is 10.9. The van der Waals surface area contributed by atoms with E-state index in [4.69, 9.17) is 0 Å². The fourth-order valence-corrected chi connectivity index (χ4v) is 7.06. The van der Waals surface area contributed by atoms with Gasteiger partial charge in [0, 0.05) is 37.3 Å². The maximum Gasteiger partial charge on any atom is 0.322 e. The molecular formula is C36H42F4N4O2. The fourth-order valence-electron chi connectivity index (χ4n) is 7.06. The molecule has 0 spiro atoms. The van der Waals surface area contributed by atoms with Crippen LogP contribution >= 0.6 is 0 Å². The molecule has 4 amide bonds. The standard InChI is InChI=1S/C36H42F4N4O2/c1-23(27-10-3-4-11-27)43(33-16-14-29(37)19-31(33)39)35(45)41-21-25-8-7-9-26(18-25)22-42-36(46)44(24(2)28-12-5-6-13-28)34-17-15-30(38)20-32(34)40/h7-9,14-20,23-24,27-28H,3-6,10-13,21-22H2,1-2H3,(H,41,45)(H,42,46). The highest BCUT2D eigenvalue weighted by Crippen LogP contribution is 2.35. The number of rotatable bonds is 10. The summed E-state index contributed by atoms with van der Waals surface area (Å²) in [6.07, 6.45) is 7.95. The lowest BCUT2D eigenvalue weighted by Gasteiger charge is -2.33. The summed E-state index contributed by atoms with van der Waals surface area (Å²) in [5.74, 6) is -2.59. The Balaban J connectivity index is 1.26. The fraction of sp³-hybridized carbons (Fsp3) is 0.444. The topological polar surface area (TPSA) is 64.7 Å². The molecular weight excluding hydrogens is 596 g/mol. The minimum Gasteiger partial charge on any atom is -0.334 e. The van der Waals surface area contributed by atoms with Gasteiger partial charge in [0.15, 0.2) is 0 Å². The van der Waals surface area contributed by atoms with Crippen molar-refractivity contribution in [1.29, 1.82) is 0 Å². The summed E-state index contributed by atoms with van der Waals surface area (Å²) in [4.78, 5) is 29.8. The van der Waals surface area contributed by atoms with E-state index >= 15 is 0 Å². The van der Waals surface area contributed by atoms with Gasteiger partial charge in [-0.05, 0) is 86.8 Å². The quantitative estimate of drug-likeness (QED) is 0.218. The van der Waals surface area contributed by atoms with E-state index < -0.39 is 35.3 Å². The Morgan fingerprint density at radius 1 is 0.652 bits per heavy atom. The third-order valence-corrected chi connectivity index (χ3v) is 9.63. The van der Waals surface area contributed by atoms with Crippen molar-refractivity contribution in [3.8, 4) is 0 Å². The van der Waals surface area contributed by atoms with Crippen LogP contribution in [0.5, 0.6) is 0 Å². The highest BCUT2D eigenvalue weighted by Gasteiger charge is 2.33. The van der Waals surface area contributed by atoms with E-state index in [9.17, 15) is 27.2 Å². The monoisotopic (exact) mass is 638 g/mol. The molecule has 0 saturated heterocycles. The maximum absolute atomic E-state index is 14.9. The molecule has 0 aliphatic heterocycles. The first-order valence-corrected chi connectivity index (χ1v) is 16.2. The number of carbonyl (C=O) groups excluding carboxylic acids is 2. The number of hydrogen-bond donors (Lipinski definition) is 2. The van der Waals surface area contributed by atoms with Crippen molar-refractivity contribution in [2.75, 3.05) is 9.80 Å². The van der Waals surface area contributed by atoms with E-state index in [2.05, 4.69) is 10.6 Å². The molecule has 2 aliphatic rings. The molecule has 3 aromatic carbocycles.